The van der Waals surface area contributed by atoms with Crippen LogP contribution in [0.15, 0.2) is 36.4 Å². The molecule has 0 fully saturated rings. The summed E-state index contributed by atoms with van der Waals surface area (Å²) in [6, 6.07) is 9.95. The van der Waals surface area contributed by atoms with E-state index in [1.54, 1.807) is 36.4 Å². The minimum atomic E-state index is -0.304. The van der Waals surface area contributed by atoms with Crippen molar-refractivity contribution < 1.29 is 4.79 Å². The van der Waals surface area contributed by atoms with E-state index in [1.165, 1.54) is 0 Å². The van der Waals surface area contributed by atoms with Crippen LogP contribution in [0.2, 0.25) is 10.0 Å². The third-order valence-corrected chi connectivity index (χ3v) is 3.60. The average Bonchev–Trinajstić information content (AvgIpc) is 2.84. The molecule has 0 spiro atoms. The lowest BCUT2D eigenvalue weighted by atomic mass is 10.1. The van der Waals surface area contributed by atoms with Gasteiger partial charge in [-0.3, -0.25) is 9.89 Å². The summed E-state index contributed by atoms with van der Waals surface area (Å²) in [5.74, 6) is 0.0436. The summed E-state index contributed by atoms with van der Waals surface area (Å²) in [6.45, 7) is 0. The Kier molecular flexibility index (Phi) is 3.45. The Balaban J connectivity index is 1.93. The van der Waals surface area contributed by atoms with Gasteiger partial charge in [0.15, 0.2) is 5.82 Å². The molecule has 7 heteroatoms. The predicted molar refractivity (Wildman–Crippen MR) is 84.9 cm³/mol. The number of aromatic nitrogens is 2. The Hall–Kier alpha value is -2.24. The SMILES string of the molecule is Nc1n[nH]c2ccc(C(=O)Nc3cc(Cl)ccc3Cl)cc12. The van der Waals surface area contributed by atoms with Crippen LogP contribution in [0, 0.1) is 0 Å². The topological polar surface area (TPSA) is 83.8 Å². The molecule has 2 aromatic carbocycles. The number of nitrogens with one attached hydrogen (secondary N) is 2. The van der Waals surface area contributed by atoms with Gasteiger partial charge in [0.05, 0.1) is 16.2 Å². The number of benzene rings is 2. The quantitative estimate of drug-likeness (QED) is 0.673. The van der Waals surface area contributed by atoms with Gasteiger partial charge < -0.3 is 11.1 Å². The molecule has 0 radical (unpaired) electrons. The molecular formula is C14H10Cl2N4O. The van der Waals surface area contributed by atoms with Gasteiger partial charge in [-0.15, -0.1) is 0 Å². The predicted octanol–water partition coefficient (Wildman–Crippen LogP) is 3.70. The third-order valence-electron chi connectivity index (χ3n) is 3.03. The highest BCUT2D eigenvalue weighted by molar-refractivity contribution is 6.35. The molecule has 0 aliphatic rings. The van der Waals surface area contributed by atoms with Crippen molar-refractivity contribution in [2.24, 2.45) is 0 Å². The normalized spacial score (nSPS) is 10.8. The summed E-state index contributed by atoms with van der Waals surface area (Å²) in [5, 5.41) is 11.0. The number of nitrogens with zero attached hydrogens (tertiary/aromatic N) is 1. The summed E-state index contributed by atoms with van der Waals surface area (Å²) in [4.78, 5) is 12.3. The lowest BCUT2D eigenvalue weighted by molar-refractivity contribution is 0.102. The van der Waals surface area contributed by atoms with E-state index in [2.05, 4.69) is 15.5 Å². The van der Waals surface area contributed by atoms with Crippen LogP contribution in [-0.4, -0.2) is 16.1 Å². The number of hydrogen-bond acceptors (Lipinski definition) is 3. The van der Waals surface area contributed by atoms with Gasteiger partial charge in [0.1, 0.15) is 0 Å². The first-order chi connectivity index (χ1) is 10.0. The smallest absolute Gasteiger partial charge is 0.255 e. The van der Waals surface area contributed by atoms with Gasteiger partial charge in [-0.1, -0.05) is 23.2 Å². The van der Waals surface area contributed by atoms with Gasteiger partial charge in [-0.05, 0) is 36.4 Å². The second kappa shape index (κ2) is 5.27. The van der Waals surface area contributed by atoms with Crippen molar-refractivity contribution in [1.29, 1.82) is 0 Å². The zero-order chi connectivity index (χ0) is 15.0. The molecule has 21 heavy (non-hydrogen) atoms. The van der Waals surface area contributed by atoms with E-state index in [-0.39, 0.29) is 5.91 Å². The van der Waals surface area contributed by atoms with Crippen molar-refractivity contribution in [1.82, 2.24) is 10.2 Å². The van der Waals surface area contributed by atoms with E-state index in [0.717, 1.165) is 5.52 Å². The molecule has 0 saturated heterocycles. The Morgan fingerprint density at radius 2 is 2.00 bits per heavy atom. The molecule has 5 nitrogen and oxygen atoms in total. The number of carbonyl (C=O) groups is 1. The van der Waals surface area contributed by atoms with Crippen molar-refractivity contribution in [3.8, 4) is 0 Å². The molecule has 0 bridgehead atoms. The molecule has 1 aromatic heterocycles. The van der Waals surface area contributed by atoms with E-state index in [0.29, 0.717) is 32.5 Å². The van der Waals surface area contributed by atoms with Gasteiger partial charge in [-0.25, -0.2) is 0 Å². The number of amides is 1. The molecule has 0 saturated carbocycles. The summed E-state index contributed by atoms with van der Waals surface area (Å²) >= 11 is 11.9. The second-order valence-corrected chi connectivity index (χ2v) is 5.29. The van der Waals surface area contributed by atoms with E-state index in [4.69, 9.17) is 28.9 Å². The maximum Gasteiger partial charge on any atom is 0.255 e. The lowest BCUT2D eigenvalue weighted by Gasteiger charge is -2.08. The fraction of sp³-hybridized carbons (Fsp3) is 0. The van der Waals surface area contributed by atoms with Crippen molar-refractivity contribution in [3.63, 3.8) is 0 Å². The minimum absolute atomic E-state index is 0.304. The van der Waals surface area contributed by atoms with Crippen molar-refractivity contribution in [3.05, 3.63) is 52.0 Å². The Labute approximate surface area is 130 Å². The molecule has 1 amide bonds. The summed E-state index contributed by atoms with van der Waals surface area (Å²) in [7, 11) is 0. The van der Waals surface area contributed by atoms with Crippen LogP contribution in [0.5, 0.6) is 0 Å². The van der Waals surface area contributed by atoms with Crippen LogP contribution in [0.25, 0.3) is 10.9 Å². The zero-order valence-corrected chi connectivity index (χ0v) is 12.2. The first-order valence-electron chi connectivity index (χ1n) is 6.04. The molecular weight excluding hydrogens is 311 g/mol. The molecule has 0 aliphatic carbocycles. The van der Waals surface area contributed by atoms with Crippen LogP contribution in [0.1, 0.15) is 10.4 Å². The molecule has 1 heterocycles. The van der Waals surface area contributed by atoms with Crippen LogP contribution in [0.3, 0.4) is 0 Å². The van der Waals surface area contributed by atoms with Crippen LogP contribution >= 0.6 is 23.2 Å². The maximum absolute atomic E-state index is 12.3. The summed E-state index contributed by atoms with van der Waals surface area (Å²) in [6.07, 6.45) is 0. The Morgan fingerprint density at radius 3 is 2.81 bits per heavy atom. The number of nitrogens with two attached hydrogens (primary N) is 1. The summed E-state index contributed by atoms with van der Waals surface area (Å²) in [5.41, 5.74) is 7.40. The van der Waals surface area contributed by atoms with Crippen molar-refractivity contribution in [2.75, 3.05) is 11.1 Å². The first kappa shape index (κ1) is 13.7. The molecule has 0 unspecified atom stereocenters. The molecule has 3 aromatic rings. The van der Waals surface area contributed by atoms with E-state index >= 15 is 0 Å². The largest absolute Gasteiger partial charge is 0.382 e. The van der Waals surface area contributed by atoms with Crippen molar-refractivity contribution >= 4 is 51.5 Å². The molecule has 0 aliphatic heterocycles. The highest BCUT2D eigenvalue weighted by Crippen LogP contribution is 2.26. The van der Waals surface area contributed by atoms with Gasteiger partial charge >= 0.3 is 0 Å². The Morgan fingerprint density at radius 1 is 1.19 bits per heavy atom. The van der Waals surface area contributed by atoms with E-state index in [1.807, 2.05) is 0 Å². The monoisotopic (exact) mass is 320 g/mol. The van der Waals surface area contributed by atoms with E-state index in [9.17, 15) is 4.79 Å². The fourth-order valence-corrected chi connectivity index (χ4v) is 2.30. The van der Waals surface area contributed by atoms with Crippen LogP contribution in [0.4, 0.5) is 11.5 Å². The standard InChI is InChI=1S/C14H10Cl2N4O/c15-8-2-3-10(16)12(6-8)18-14(21)7-1-4-11-9(5-7)13(17)20-19-11/h1-6H,(H,18,21)(H3,17,19,20). The number of rotatable bonds is 2. The number of halogens is 2. The number of hydrogen-bond donors (Lipinski definition) is 3. The molecule has 0 atom stereocenters. The maximum atomic E-state index is 12.3. The summed E-state index contributed by atoms with van der Waals surface area (Å²) < 4.78 is 0. The van der Waals surface area contributed by atoms with Crippen LogP contribution in [-0.2, 0) is 0 Å². The zero-order valence-electron chi connectivity index (χ0n) is 10.7. The highest BCUT2D eigenvalue weighted by Gasteiger charge is 2.11. The third kappa shape index (κ3) is 2.66. The van der Waals surface area contributed by atoms with E-state index < -0.39 is 0 Å². The minimum Gasteiger partial charge on any atom is -0.382 e. The van der Waals surface area contributed by atoms with Gasteiger partial charge in [0, 0.05) is 16.0 Å². The number of carbonyl (C=O) groups excluding carboxylic acids is 1. The highest BCUT2D eigenvalue weighted by atomic mass is 35.5. The second-order valence-electron chi connectivity index (χ2n) is 4.45. The fourth-order valence-electron chi connectivity index (χ4n) is 1.96. The van der Waals surface area contributed by atoms with Gasteiger partial charge in [0.2, 0.25) is 0 Å². The number of H-pyrrole nitrogens is 1. The number of nitrogen functional groups attached to an aromatic ring is 1. The number of fused-ring (bicyclic) bond motifs is 1. The number of aromatic amines is 1. The van der Waals surface area contributed by atoms with Gasteiger partial charge in [-0.2, -0.15) is 5.10 Å². The molecule has 106 valence electrons. The lowest BCUT2D eigenvalue weighted by Crippen LogP contribution is -2.12. The number of anilines is 2. The molecule has 3 rings (SSSR count). The van der Waals surface area contributed by atoms with Crippen LogP contribution < -0.4 is 11.1 Å². The average molecular weight is 321 g/mol. The Bertz CT molecular complexity index is 844. The first-order valence-corrected chi connectivity index (χ1v) is 6.80. The van der Waals surface area contributed by atoms with Gasteiger partial charge in [0.25, 0.3) is 5.91 Å². The van der Waals surface area contributed by atoms with Crippen molar-refractivity contribution in [2.45, 2.75) is 0 Å². The molecule has 4 N–H and O–H groups in total.